The van der Waals surface area contributed by atoms with Crippen LogP contribution in [-0.4, -0.2) is 43.5 Å². The molecule has 3 rings (SSSR count). The van der Waals surface area contributed by atoms with Gasteiger partial charge in [0, 0.05) is 12.7 Å². The van der Waals surface area contributed by atoms with Crippen LogP contribution in [0.4, 0.5) is 10.6 Å². The van der Waals surface area contributed by atoms with Gasteiger partial charge in [0.25, 0.3) is 0 Å². The number of hydrogen-bond acceptors (Lipinski definition) is 4. The van der Waals surface area contributed by atoms with Crippen LogP contribution in [-0.2, 0) is 0 Å². The van der Waals surface area contributed by atoms with Crippen LogP contribution >= 0.6 is 38.5 Å². The second-order valence-corrected chi connectivity index (χ2v) is 8.97. The Kier molecular flexibility index (Phi) is 4.44. The number of anilines is 1. The van der Waals surface area contributed by atoms with Crippen molar-refractivity contribution in [3.8, 4) is 0 Å². The highest BCUT2D eigenvalue weighted by atomic mass is 127. The van der Waals surface area contributed by atoms with Gasteiger partial charge in [0.2, 0.25) is 0 Å². The molecule has 24 heavy (non-hydrogen) atoms. The minimum atomic E-state index is -0.885. The first-order chi connectivity index (χ1) is 11.1. The number of aromatic nitrogens is 3. The summed E-state index contributed by atoms with van der Waals surface area (Å²) in [5, 5.41) is 15.1. The number of nitrogens with two attached hydrogens (primary N) is 1. The predicted octanol–water partition coefficient (Wildman–Crippen LogP) is 3.72. The molecular weight excluding hydrogens is 489 g/mol. The number of nitrogens with zero attached hydrogens (tertiary/aromatic N) is 4. The molecule has 1 fully saturated rings. The Bertz CT molecular complexity index is 816. The molecule has 2 aromatic heterocycles. The van der Waals surface area contributed by atoms with Crippen LogP contribution in [0.3, 0.4) is 0 Å². The molecule has 1 amide bonds. The summed E-state index contributed by atoms with van der Waals surface area (Å²) in [6.07, 6.45) is 1.50. The lowest BCUT2D eigenvalue weighted by molar-refractivity contribution is 0.0913. The predicted molar refractivity (Wildman–Crippen MR) is 104 cm³/mol. The molecule has 3 N–H and O–H groups in total. The fourth-order valence-electron chi connectivity index (χ4n) is 3.65. The van der Waals surface area contributed by atoms with Gasteiger partial charge in [-0.1, -0.05) is 20.8 Å². The zero-order valence-corrected chi connectivity index (χ0v) is 17.4. The van der Waals surface area contributed by atoms with Gasteiger partial charge in [-0.25, -0.2) is 9.78 Å². The highest BCUT2D eigenvalue weighted by Crippen LogP contribution is 2.42. The summed E-state index contributed by atoms with van der Waals surface area (Å²) in [6.45, 7) is 6.69. The minimum Gasteiger partial charge on any atom is -0.465 e. The molecule has 3 heterocycles. The van der Waals surface area contributed by atoms with E-state index in [1.54, 1.807) is 6.20 Å². The molecule has 0 radical (unpaired) electrons. The van der Waals surface area contributed by atoms with Crippen LogP contribution < -0.4 is 5.73 Å². The number of carboxylic acid groups (broad SMARTS) is 1. The van der Waals surface area contributed by atoms with Gasteiger partial charge >= 0.3 is 6.09 Å². The van der Waals surface area contributed by atoms with Crippen molar-refractivity contribution in [3.63, 3.8) is 0 Å². The molecule has 9 heteroatoms. The molecule has 2 unspecified atom stereocenters. The largest absolute Gasteiger partial charge is 0.465 e. The van der Waals surface area contributed by atoms with E-state index in [0.29, 0.717) is 12.4 Å². The van der Waals surface area contributed by atoms with Gasteiger partial charge in [-0.05, 0) is 50.4 Å². The standard InChI is InChI=1S/C15H19BrIN5O2/c1-15(2,3)11-8(4-5-21(11)14(23)24)22-10-7(16)6-19-13(18)9(10)12(17)20-22/h6,8,11H,4-5H2,1-3H3,(H2,18,19)(H,23,24). The molecule has 0 spiro atoms. The topological polar surface area (TPSA) is 97.3 Å². The SMILES string of the molecule is CC(C)(C)C1C(n2nc(I)c3c(N)ncc(Br)c32)CCN1C(=O)O. The lowest BCUT2D eigenvalue weighted by atomic mass is 9.82. The highest BCUT2D eigenvalue weighted by Gasteiger charge is 2.46. The maximum atomic E-state index is 11.7. The lowest BCUT2D eigenvalue weighted by Gasteiger charge is -2.37. The number of pyridine rings is 1. The molecule has 2 atom stereocenters. The third-order valence-corrected chi connectivity index (χ3v) is 5.82. The number of amides is 1. The molecule has 2 aromatic rings. The van der Waals surface area contributed by atoms with Crippen molar-refractivity contribution in [1.29, 1.82) is 0 Å². The maximum absolute atomic E-state index is 11.7. The first-order valence-corrected chi connectivity index (χ1v) is 9.47. The molecule has 7 nitrogen and oxygen atoms in total. The van der Waals surface area contributed by atoms with E-state index in [2.05, 4.69) is 69.4 Å². The Morgan fingerprint density at radius 1 is 1.50 bits per heavy atom. The summed E-state index contributed by atoms with van der Waals surface area (Å²) in [7, 11) is 0. The molecule has 1 aliphatic rings. The van der Waals surface area contributed by atoms with Crippen molar-refractivity contribution < 1.29 is 9.90 Å². The number of hydrogen-bond donors (Lipinski definition) is 2. The van der Waals surface area contributed by atoms with Gasteiger partial charge in [-0.3, -0.25) is 4.68 Å². The molecule has 0 aliphatic carbocycles. The van der Waals surface area contributed by atoms with Gasteiger partial charge in [-0.2, -0.15) is 5.10 Å². The zero-order chi connectivity index (χ0) is 17.8. The van der Waals surface area contributed by atoms with Crippen LogP contribution in [0.2, 0.25) is 0 Å². The smallest absolute Gasteiger partial charge is 0.407 e. The quantitative estimate of drug-likeness (QED) is 0.573. The van der Waals surface area contributed by atoms with Crippen LogP contribution in [0.15, 0.2) is 10.7 Å². The van der Waals surface area contributed by atoms with Crippen molar-refractivity contribution in [2.75, 3.05) is 12.3 Å². The molecule has 0 aromatic carbocycles. The first-order valence-electron chi connectivity index (χ1n) is 7.60. The van der Waals surface area contributed by atoms with Crippen LogP contribution in [0.5, 0.6) is 0 Å². The first kappa shape index (κ1) is 17.7. The third-order valence-electron chi connectivity index (χ3n) is 4.48. The molecule has 1 saturated heterocycles. The van der Waals surface area contributed by atoms with E-state index in [1.165, 1.54) is 4.90 Å². The summed E-state index contributed by atoms with van der Waals surface area (Å²) in [6, 6.07) is -0.222. The van der Waals surface area contributed by atoms with E-state index < -0.39 is 6.09 Å². The van der Waals surface area contributed by atoms with Gasteiger partial charge in [-0.15, -0.1) is 0 Å². The summed E-state index contributed by atoms with van der Waals surface area (Å²) in [5.41, 5.74) is 6.70. The number of rotatable bonds is 1. The Morgan fingerprint density at radius 3 is 2.75 bits per heavy atom. The van der Waals surface area contributed by atoms with Crippen molar-refractivity contribution in [3.05, 3.63) is 14.4 Å². The van der Waals surface area contributed by atoms with Crippen molar-refractivity contribution >= 4 is 61.3 Å². The highest BCUT2D eigenvalue weighted by molar-refractivity contribution is 14.1. The number of carbonyl (C=O) groups is 1. The molecule has 1 aliphatic heterocycles. The van der Waals surface area contributed by atoms with Gasteiger partial charge in [0.15, 0.2) is 0 Å². The monoisotopic (exact) mass is 507 g/mol. The molecular formula is C15H19BrIN5O2. The van der Waals surface area contributed by atoms with Gasteiger partial charge in [0.05, 0.1) is 27.5 Å². The van der Waals surface area contributed by atoms with Gasteiger partial charge < -0.3 is 15.7 Å². The number of likely N-dealkylation sites (tertiary alicyclic amines) is 1. The Balaban J connectivity index is 2.20. The van der Waals surface area contributed by atoms with Crippen LogP contribution in [0.25, 0.3) is 10.9 Å². The molecule has 0 saturated carbocycles. The third kappa shape index (κ3) is 2.75. The second kappa shape index (κ2) is 6.01. The van der Waals surface area contributed by atoms with E-state index in [4.69, 9.17) is 5.73 Å². The summed E-state index contributed by atoms with van der Waals surface area (Å²) in [4.78, 5) is 17.4. The number of halogens is 2. The van der Waals surface area contributed by atoms with Crippen LogP contribution in [0.1, 0.15) is 33.2 Å². The number of fused-ring (bicyclic) bond motifs is 1. The van der Waals surface area contributed by atoms with E-state index in [0.717, 1.165) is 25.5 Å². The average Bonchev–Trinajstić information content (AvgIpc) is 3.04. The maximum Gasteiger partial charge on any atom is 0.407 e. The number of nitrogen functional groups attached to an aromatic ring is 1. The fraction of sp³-hybridized carbons (Fsp3) is 0.533. The Labute approximate surface area is 161 Å². The summed E-state index contributed by atoms with van der Waals surface area (Å²) >= 11 is 5.70. The molecule has 0 bridgehead atoms. The summed E-state index contributed by atoms with van der Waals surface area (Å²) in [5.74, 6) is 0.434. The van der Waals surface area contributed by atoms with Crippen molar-refractivity contribution in [2.24, 2.45) is 5.41 Å². The van der Waals surface area contributed by atoms with E-state index in [-0.39, 0.29) is 17.5 Å². The van der Waals surface area contributed by atoms with E-state index >= 15 is 0 Å². The van der Waals surface area contributed by atoms with Crippen molar-refractivity contribution in [2.45, 2.75) is 39.3 Å². The second-order valence-electron chi connectivity index (χ2n) is 7.09. The summed E-state index contributed by atoms with van der Waals surface area (Å²) < 4.78 is 3.51. The van der Waals surface area contributed by atoms with Crippen molar-refractivity contribution in [1.82, 2.24) is 19.7 Å². The normalized spacial score (nSPS) is 21.6. The average molecular weight is 508 g/mol. The fourth-order valence-corrected chi connectivity index (χ4v) is 4.89. The minimum absolute atomic E-state index is 0.0507. The zero-order valence-electron chi connectivity index (χ0n) is 13.6. The van der Waals surface area contributed by atoms with E-state index in [1.807, 2.05) is 4.68 Å². The Hall–Kier alpha value is -1.10. The molecule has 130 valence electrons. The van der Waals surface area contributed by atoms with Gasteiger partial charge in [0.1, 0.15) is 9.52 Å². The van der Waals surface area contributed by atoms with Crippen LogP contribution in [0, 0.1) is 9.12 Å². The van der Waals surface area contributed by atoms with E-state index in [9.17, 15) is 9.90 Å². The lowest BCUT2D eigenvalue weighted by Crippen LogP contribution is -2.46. The Morgan fingerprint density at radius 2 is 2.17 bits per heavy atom.